The molecule has 1 aliphatic rings. The molecule has 1 amide bonds. The van der Waals surface area contributed by atoms with Crippen molar-refractivity contribution in [3.8, 4) is 5.75 Å². The molecule has 0 radical (unpaired) electrons. The van der Waals surface area contributed by atoms with E-state index < -0.39 is 12.0 Å². The van der Waals surface area contributed by atoms with Crippen molar-refractivity contribution in [3.63, 3.8) is 0 Å². The average Bonchev–Trinajstić information content (AvgIpc) is 3.21. The van der Waals surface area contributed by atoms with Crippen LogP contribution >= 0.6 is 0 Å². The maximum absolute atomic E-state index is 11.8. The van der Waals surface area contributed by atoms with E-state index in [1.807, 2.05) is 6.92 Å². The van der Waals surface area contributed by atoms with Crippen molar-refractivity contribution in [2.45, 2.75) is 38.8 Å². The van der Waals surface area contributed by atoms with E-state index in [2.05, 4.69) is 0 Å². The predicted octanol–water partition coefficient (Wildman–Crippen LogP) is 2.22. The molecule has 0 bridgehead atoms. The highest BCUT2D eigenvalue weighted by Crippen LogP contribution is 2.35. The van der Waals surface area contributed by atoms with Gasteiger partial charge in [-0.05, 0) is 37.5 Å². The number of rotatable bonds is 6. The second-order valence-corrected chi connectivity index (χ2v) is 4.90. The molecule has 0 aliphatic heterocycles. The van der Waals surface area contributed by atoms with Crippen molar-refractivity contribution in [3.05, 3.63) is 29.8 Å². The number of hydrogen-bond donors (Lipinski definition) is 1. The number of aliphatic carboxylic acids is 1. The molecule has 1 N–H and O–H groups in total. The fourth-order valence-corrected chi connectivity index (χ4v) is 2.34. The molecule has 1 aliphatic carbocycles. The molecule has 5 heteroatoms. The second-order valence-electron chi connectivity index (χ2n) is 4.90. The molecule has 0 aromatic heterocycles. The van der Waals surface area contributed by atoms with Crippen molar-refractivity contribution in [1.29, 1.82) is 0 Å². The molecule has 1 unspecified atom stereocenters. The van der Waals surface area contributed by atoms with E-state index in [0.717, 1.165) is 12.8 Å². The number of carbonyl (C=O) groups excluding carboxylic acids is 1. The van der Waals surface area contributed by atoms with Gasteiger partial charge in [-0.2, -0.15) is 0 Å². The van der Waals surface area contributed by atoms with Crippen LogP contribution < -0.4 is 4.74 Å². The summed E-state index contributed by atoms with van der Waals surface area (Å²) < 4.78 is 5.34. The van der Waals surface area contributed by atoms with Crippen LogP contribution in [0.4, 0.5) is 0 Å². The summed E-state index contributed by atoms with van der Waals surface area (Å²) in [4.78, 5) is 24.8. The largest absolute Gasteiger partial charge is 0.494 e. The maximum Gasteiger partial charge on any atom is 0.331 e. The van der Waals surface area contributed by atoms with E-state index in [1.165, 1.54) is 11.8 Å². The Balaban J connectivity index is 2.27. The Kier molecular flexibility index (Phi) is 4.27. The van der Waals surface area contributed by atoms with Crippen LogP contribution in [0.15, 0.2) is 24.3 Å². The molecule has 108 valence electrons. The second kappa shape index (κ2) is 5.94. The summed E-state index contributed by atoms with van der Waals surface area (Å²) in [6, 6.07) is 6.03. The van der Waals surface area contributed by atoms with Gasteiger partial charge in [0.1, 0.15) is 5.75 Å². The number of benzene rings is 1. The standard InChI is InChI=1S/C15H19NO4/c1-3-20-13-8-4-11(5-9-13)14(15(18)19)16(10(2)17)12-6-7-12/h4-5,8-9,12,14H,3,6-7H2,1-2H3,(H,18,19). The summed E-state index contributed by atoms with van der Waals surface area (Å²) in [6.07, 6.45) is 1.75. The SMILES string of the molecule is CCOc1ccc(C(C(=O)O)N(C(C)=O)C2CC2)cc1. The molecular weight excluding hydrogens is 258 g/mol. The summed E-state index contributed by atoms with van der Waals surface area (Å²) in [5.41, 5.74) is 0.600. The first-order valence-corrected chi connectivity index (χ1v) is 6.79. The van der Waals surface area contributed by atoms with E-state index in [4.69, 9.17) is 4.74 Å². The zero-order valence-electron chi connectivity index (χ0n) is 11.7. The molecule has 1 aromatic rings. The lowest BCUT2D eigenvalue weighted by molar-refractivity contribution is -0.150. The minimum absolute atomic E-state index is 0.0557. The number of carboxylic acids is 1. The van der Waals surface area contributed by atoms with Crippen molar-refractivity contribution >= 4 is 11.9 Å². The van der Waals surface area contributed by atoms with Crippen LogP contribution in [-0.4, -0.2) is 34.5 Å². The van der Waals surface area contributed by atoms with Gasteiger partial charge in [0.05, 0.1) is 6.61 Å². The van der Waals surface area contributed by atoms with Gasteiger partial charge in [-0.25, -0.2) is 4.79 Å². The zero-order valence-corrected chi connectivity index (χ0v) is 11.7. The summed E-state index contributed by atoms with van der Waals surface area (Å²) in [6.45, 7) is 3.87. The van der Waals surface area contributed by atoms with Gasteiger partial charge in [-0.3, -0.25) is 4.79 Å². The van der Waals surface area contributed by atoms with Gasteiger partial charge < -0.3 is 14.7 Å². The van der Waals surface area contributed by atoms with Gasteiger partial charge >= 0.3 is 5.97 Å². The number of hydrogen-bond acceptors (Lipinski definition) is 3. The molecule has 2 rings (SSSR count). The third-order valence-corrected chi connectivity index (χ3v) is 3.32. The van der Waals surface area contributed by atoms with Crippen molar-refractivity contribution in [1.82, 2.24) is 4.90 Å². The predicted molar refractivity (Wildman–Crippen MR) is 73.5 cm³/mol. The van der Waals surface area contributed by atoms with Gasteiger partial charge in [0.15, 0.2) is 6.04 Å². The Hall–Kier alpha value is -2.04. The Labute approximate surface area is 118 Å². The maximum atomic E-state index is 11.8. The zero-order chi connectivity index (χ0) is 14.7. The van der Waals surface area contributed by atoms with Crippen LogP contribution in [0.1, 0.15) is 38.3 Å². The first-order valence-electron chi connectivity index (χ1n) is 6.79. The highest BCUT2D eigenvalue weighted by Gasteiger charge is 2.39. The normalized spacial score (nSPS) is 15.5. The minimum Gasteiger partial charge on any atom is -0.494 e. The Morgan fingerprint density at radius 1 is 1.35 bits per heavy atom. The lowest BCUT2D eigenvalue weighted by Crippen LogP contribution is -2.39. The van der Waals surface area contributed by atoms with E-state index in [9.17, 15) is 14.7 Å². The third kappa shape index (κ3) is 3.10. The lowest BCUT2D eigenvalue weighted by atomic mass is 10.0. The molecule has 20 heavy (non-hydrogen) atoms. The first-order chi connectivity index (χ1) is 9.54. The smallest absolute Gasteiger partial charge is 0.331 e. The fraction of sp³-hybridized carbons (Fsp3) is 0.467. The molecule has 0 saturated heterocycles. The number of nitrogens with zero attached hydrogens (tertiary/aromatic N) is 1. The quantitative estimate of drug-likeness (QED) is 0.865. The summed E-state index contributed by atoms with van der Waals surface area (Å²) >= 11 is 0. The van der Waals surface area contributed by atoms with Crippen molar-refractivity contribution < 1.29 is 19.4 Å². The molecule has 5 nitrogen and oxygen atoms in total. The van der Waals surface area contributed by atoms with Crippen molar-refractivity contribution in [2.75, 3.05) is 6.61 Å². The third-order valence-electron chi connectivity index (χ3n) is 3.32. The van der Waals surface area contributed by atoms with Crippen LogP contribution in [-0.2, 0) is 9.59 Å². The summed E-state index contributed by atoms with van der Waals surface area (Å²) in [5, 5.41) is 9.47. The topological polar surface area (TPSA) is 66.8 Å². The highest BCUT2D eigenvalue weighted by molar-refractivity contribution is 5.84. The van der Waals surface area contributed by atoms with E-state index >= 15 is 0 Å². The fourth-order valence-electron chi connectivity index (χ4n) is 2.34. The Morgan fingerprint density at radius 3 is 2.35 bits per heavy atom. The minimum atomic E-state index is -1.00. The van der Waals surface area contributed by atoms with Crippen LogP contribution in [0.5, 0.6) is 5.75 Å². The number of carboxylic acid groups (broad SMARTS) is 1. The summed E-state index contributed by atoms with van der Waals surface area (Å²) in [5.74, 6) is -0.508. The van der Waals surface area contributed by atoms with Crippen molar-refractivity contribution in [2.24, 2.45) is 0 Å². The van der Waals surface area contributed by atoms with E-state index in [1.54, 1.807) is 24.3 Å². The van der Waals surface area contributed by atoms with Gasteiger partial charge in [-0.1, -0.05) is 12.1 Å². The van der Waals surface area contributed by atoms with E-state index in [0.29, 0.717) is 17.9 Å². The summed E-state index contributed by atoms with van der Waals surface area (Å²) in [7, 11) is 0. The lowest BCUT2D eigenvalue weighted by Gasteiger charge is -2.28. The van der Waals surface area contributed by atoms with Crippen LogP contribution in [0.3, 0.4) is 0 Å². The molecule has 1 fully saturated rings. The highest BCUT2D eigenvalue weighted by atomic mass is 16.5. The molecule has 0 heterocycles. The first kappa shape index (κ1) is 14.4. The Bertz CT molecular complexity index is 493. The van der Waals surface area contributed by atoms with Gasteiger partial charge in [-0.15, -0.1) is 0 Å². The Morgan fingerprint density at radius 2 is 1.95 bits per heavy atom. The molecule has 1 aromatic carbocycles. The van der Waals surface area contributed by atoms with Gasteiger partial charge in [0.2, 0.25) is 5.91 Å². The number of carbonyl (C=O) groups is 2. The molecule has 0 spiro atoms. The molecule has 1 saturated carbocycles. The van der Waals surface area contributed by atoms with Crippen LogP contribution in [0.2, 0.25) is 0 Å². The number of amides is 1. The van der Waals surface area contributed by atoms with Gasteiger partial charge in [0.25, 0.3) is 0 Å². The van der Waals surface area contributed by atoms with E-state index in [-0.39, 0.29) is 11.9 Å². The van der Waals surface area contributed by atoms with Crippen LogP contribution in [0, 0.1) is 0 Å². The van der Waals surface area contributed by atoms with Gasteiger partial charge in [0, 0.05) is 13.0 Å². The average molecular weight is 277 g/mol. The molecular formula is C15H19NO4. The number of ether oxygens (including phenoxy) is 1. The monoisotopic (exact) mass is 277 g/mol. The van der Waals surface area contributed by atoms with Crippen LogP contribution in [0.25, 0.3) is 0 Å². The molecule has 1 atom stereocenters.